The molecule has 1 amide bonds. The van der Waals surface area contributed by atoms with Crippen molar-refractivity contribution in [1.82, 2.24) is 5.32 Å². The van der Waals surface area contributed by atoms with Gasteiger partial charge in [0.1, 0.15) is 12.4 Å². The predicted octanol–water partition coefficient (Wildman–Crippen LogP) is 1.65. The van der Waals surface area contributed by atoms with Gasteiger partial charge in [-0.05, 0) is 12.1 Å². The lowest BCUT2D eigenvalue weighted by molar-refractivity contribution is 0.142. The van der Waals surface area contributed by atoms with Gasteiger partial charge < -0.3 is 10.5 Å². The number of guanidine groups is 1. The summed E-state index contributed by atoms with van der Waals surface area (Å²) in [6, 6.07) is 1.32. The SMILES string of the molecule is Cl.N=C(N)NC(=O)OCc1c(F)ccc(F)c1F. The van der Waals surface area contributed by atoms with Crippen LogP contribution in [0.15, 0.2) is 12.1 Å². The average molecular weight is 284 g/mol. The minimum Gasteiger partial charge on any atom is -0.444 e. The molecule has 0 unspecified atom stereocenters. The van der Waals surface area contributed by atoms with E-state index in [1.807, 2.05) is 0 Å². The topological polar surface area (TPSA) is 88.2 Å². The number of nitrogens with two attached hydrogens (primary N) is 1. The van der Waals surface area contributed by atoms with Gasteiger partial charge in [-0.15, -0.1) is 12.4 Å². The number of nitrogens with one attached hydrogen (secondary N) is 2. The van der Waals surface area contributed by atoms with E-state index in [0.29, 0.717) is 12.1 Å². The van der Waals surface area contributed by atoms with Crippen LogP contribution in [0.1, 0.15) is 5.56 Å². The Balaban J connectivity index is 0.00000289. The molecule has 5 nitrogen and oxygen atoms in total. The second-order valence-corrected chi connectivity index (χ2v) is 2.94. The van der Waals surface area contributed by atoms with Crippen LogP contribution in [0.3, 0.4) is 0 Å². The van der Waals surface area contributed by atoms with Gasteiger partial charge in [0.15, 0.2) is 17.6 Å². The molecule has 0 radical (unpaired) electrons. The van der Waals surface area contributed by atoms with Crippen molar-refractivity contribution in [2.75, 3.05) is 0 Å². The molecule has 0 bridgehead atoms. The fraction of sp³-hybridized carbons (Fsp3) is 0.111. The zero-order chi connectivity index (χ0) is 13.0. The fourth-order valence-corrected chi connectivity index (χ4v) is 0.985. The Morgan fingerprint density at radius 2 is 1.89 bits per heavy atom. The zero-order valence-electron chi connectivity index (χ0n) is 8.80. The Hall–Kier alpha value is -1.96. The van der Waals surface area contributed by atoms with Crippen LogP contribution < -0.4 is 11.1 Å². The van der Waals surface area contributed by atoms with Crippen molar-refractivity contribution in [3.05, 3.63) is 35.1 Å². The second kappa shape index (κ2) is 6.70. The number of alkyl carbamates (subject to hydrolysis) is 1. The van der Waals surface area contributed by atoms with Crippen molar-refractivity contribution in [3.8, 4) is 0 Å². The summed E-state index contributed by atoms with van der Waals surface area (Å²) in [5, 5.41) is 8.41. The van der Waals surface area contributed by atoms with E-state index >= 15 is 0 Å². The summed E-state index contributed by atoms with van der Waals surface area (Å²) < 4.78 is 43.2. The minimum atomic E-state index is -1.43. The van der Waals surface area contributed by atoms with Crippen molar-refractivity contribution >= 4 is 24.5 Å². The molecular formula is C9H9ClF3N3O2. The van der Waals surface area contributed by atoms with E-state index in [2.05, 4.69) is 4.74 Å². The van der Waals surface area contributed by atoms with Gasteiger partial charge in [-0.1, -0.05) is 0 Å². The molecule has 0 aliphatic heterocycles. The van der Waals surface area contributed by atoms with Crippen LogP contribution in [0.25, 0.3) is 0 Å². The summed E-state index contributed by atoms with van der Waals surface area (Å²) in [6.07, 6.45) is -1.17. The first-order chi connectivity index (χ1) is 7.91. The number of benzene rings is 1. The fourth-order valence-electron chi connectivity index (χ4n) is 0.985. The van der Waals surface area contributed by atoms with Crippen LogP contribution in [-0.4, -0.2) is 12.1 Å². The average Bonchev–Trinajstić information content (AvgIpc) is 2.23. The number of hydrogen-bond acceptors (Lipinski definition) is 3. The van der Waals surface area contributed by atoms with Gasteiger partial charge in [0.2, 0.25) is 0 Å². The molecule has 0 fully saturated rings. The Morgan fingerprint density at radius 1 is 1.33 bits per heavy atom. The third-order valence-electron chi connectivity index (χ3n) is 1.72. The first-order valence-electron chi connectivity index (χ1n) is 4.32. The van der Waals surface area contributed by atoms with Gasteiger partial charge >= 0.3 is 6.09 Å². The summed E-state index contributed by atoms with van der Waals surface area (Å²) in [6.45, 7) is -0.811. The van der Waals surface area contributed by atoms with E-state index in [4.69, 9.17) is 11.1 Å². The summed E-state index contributed by atoms with van der Waals surface area (Å²) in [4.78, 5) is 10.8. The lowest BCUT2D eigenvalue weighted by Gasteiger charge is -2.07. The number of hydrogen-bond donors (Lipinski definition) is 3. The van der Waals surface area contributed by atoms with Crippen LogP contribution in [0.2, 0.25) is 0 Å². The smallest absolute Gasteiger partial charge is 0.414 e. The Bertz CT molecular complexity index is 471. The van der Waals surface area contributed by atoms with E-state index < -0.39 is 41.7 Å². The number of ether oxygens (including phenoxy) is 1. The minimum absolute atomic E-state index is 0. The largest absolute Gasteiger partial charge is 0.444 e. The molecule has 0 spiro atoms. The molecule has 0 saturated heterocycles. The van der Waals surface area contributed by atoms with E-state index in [9.17, 15) is 18.0 Å². The predicted molar refractivity (Wildman–Crippen MR) is 58.8 cm³/mol. The highest BCUT2D eigenvalue weighted by molar-refractivity contribution is 5.90. The van der Waals surface area contributed by atoms with Crippen molar-refractivity contribution in [1.29, 1.82) is 5.41 Å². The molecule has 18 heavy (non-hydrogen) atoms. The maximum Gasteiger partial charge on any atom is 0.414 e. The molecule has 0 aromatic heterocycles. The second-order valence-electron chi connectivity index (χ2n) is 2.94. The van der Waals surface area contributed by atoms with Crippen molar-refractivity contribution in [3.63, 3.8) is 0 Å². The van der Waals surface area contributed by atoms with Crippen molar-refractivity contribution in [2.45, 2.75) is 6.61 Å². The number of rotatable bonds is 2. The van der Waals surface area contributed by atoms with Crippen LogP contribution in [0.5, 0.6) is 0 Å². The van der Waals surface area contributed by atoms with Gasteiger partial charge in [0.25, 0.3) is 0 Å². The van der Waals surface area contributed by atoms with Gasteiger partial charge in [-0.2, -0.15) is 0 Å². The Kier molecular flexibility index (Phi) is 5.97. The van der Waals surface area contributed by atoms with Crippen molar-refractivity contribution in [2.24, 2.45) is 5.73 Å². The first kappa shape index (κ1) is 16.0. The van der Waals surface area contributed by atoms with Crippen LogP contribution in [0.4, 0.5) is 18.0 Å². The monoisotopic (exact) mass is 283 g/mol. The van der Waals surface area contributed by atoms with E-state index in [-0.39, 0.29) is 12.4 Å². The van der Waals surface area contributed by atoms with E-state index in [1.165, 1.54) is 0 Å². The van der Waals surface area contributed by atoms with Gasteiger partial charge in [-0.3, -0.25) is 10.7 Å². The molecule has 0 heterocycles. The maximum absolute atomic E-state index is 13.1. The highest BCUT2D eigenvalue weighted by atomic mass is 35.5. The molecule has 4 N–H and O–H groups in total. The third-order valence-corrected chi connectivity index (χ3v) is 1.72. The molecule has 0 aliphatic carbocycles. The Labute approximate surface area is 106 Å². The highest BCUT2D eigenvalue weighted by Gasteiger charge is 2.15. The lowest BCUT2D eigenvalue weighted by Crippen LogP contribution is -2.36. The van der Waals surface area contributed by atoms with Gasteiger partial charge in [-0.25, -0.2) is 18.0 Å². The normalized spacial score (nSPS) is 9.28. The molecule has 1 aromatic rings. The molecule has 1 aromatic carbocycles. The van der Waals surface area contributed by atoms with E-state index in [0.717, 1.165) is 0 Å². The molecule has 0 atom stereocenters. The van der Waals surface area contributed by atoms with E-state index in [1.54, 1.807) is 5.32 Å². The van der Waals surface area contributed by atoms with Crippen LogP contribution in [-0.2, 0) is 11.3 Å². The summed E-state index contributed by atoms with van der Waals surface area (Å²) >= 11 is 0. The Morgan fingerprint density at radius 3 is 2.44 bits per heavy atom. The number of carbonyl (C=O) groups excluding carboxylic acids is 1. The molecule has 0 saturated carbocycles. The molecule has 100 valence electrons. The van der Waals surface area contributed by atoms with Crippen LogP contribution >= 0.6 is 12.4 Å². The number of amides is 1. The molecule has 9 heteroatoms. The van der Waals surface area contributed by atoms with Crippen molar-refractivity contribution < 1.29 is 22.7 Å². The molecule has 1 rings (SSSR count). The van der Waals surface area contributed by atoms with Crippen LogP contribution in [0, 0.1) is 22.9 Å². The molecule has 0 aliphatic rings. The summed E-state index contributed by atoms with van der Waals surface area (Å²) in [5.41, 5.74) is 4.09. The zero-order valence-corrected chi connectivity index (χ0v) is 9.61. The number of carbonyl (C=O) groups is 1. The number of halogens is 4. The summed E-state index contributed by atoms with van der Waals surface area (Å²) in [7, 11) is 0. The summed E-state index contributed by atoms with van der Waals surface area (Å²) in [5.74, 6) is -4.41. The quantitative estimate of drug-likeness (QED) is 0.438. The highest BCUT2D eigenvalue weighted by Crippen LogP contribution is 2.16. The molecular weight excluding hydrogens is 275 g/mol. The third kappa shape index (κ3) is 4.13. The maximum atomic E-state index is 13.1. The standard InChI is InChI=1S/C9H8F3N3O2.ClH/c10-5-1-2-6(11)7(12)4(5)3-17-9(16)15-8(13)14;/h1-2H,3H2,(H4,13,14,15,16);1H. The van der Waals surface area contributed by atoms with Gasteiger partial charge in [0, 0.05) is 0 Å². The van der Waals surface area contributed by atoms with Gasteiger partial charge in [0.05, 0.1) is 5.56 Å². The lowest BCUT2D eigenvalue weighted by atomic mass is 10.2. The first-order valence-corrected chi connectivity index (χ1v) is 4.32.